The van der Waals surface area contributed by atoms with Gasteiger partial charge in [0.05, 0.1) is 0 Å². The Labute approximate surface area is 161 Å². The first-order valence-corrected chi connectivity index (χ1v) is 9.80. The van der Waals surface area contributed by atoms with Gasteiger partial charge in [-0.2, -0.15) is 0 Å². The monoisotopic (exact) mass is 367 g/mol. The predicted molar refractivity (Wildman–Crippen MR) is 108 cm³/mol. The van der Waals surface area contributed by atoms with Gasteiger partial charge in [0, 0.05) is 50.4 Å². The van der Waals surface area contributed by atoms with Gasteiger partial charge in [-0.25, -0.2) is 14.8 Å². The van der Waals surface area contributed by atoms with Crippen LogP contribution in [0.1, 0.15) is 36.5 Å². The van der Waals surface area contributed by atoms with Gasteiger partial charge in [0.15, 0.2) is 0 Å². The van der Waals surface area contributed by atoms with Crippen molar-refractivity contribution in [3.8, 4) is 0 Å². The molecule has 1 aliphatic heterocycles. The molecule has 6 heteroatoms. The zero-order chi connectivity index (χ0) is 19.2. The Balaban J connectivity index is 1.84. The van der Waals surface area contributed by atoms with Crippen LogP contribution < -0.4 is 10.2 Å². The summed E-state index contributed by atoms with van der Waals surface area (Å²) in [6.07, 6.45) is 1.72. The summed E-state index contributed by atoms with van der Waals surface area (Å²) in [6.45, 7) is 9.71. The van der Waals surface area contributed by atoms with Gasteiger partial charge in [-0.1, -0.05) is 37.3 Å². The largest absolute Gasteiger partial charge is 0.353 e. The molecule has 3 rings (SSSR count). The highest BCUT2D eigenvalue weighted by atomic mass is 16.2. The van der Waals surface area contributed by atoms with Gasteiger partial charge in [-0.3, -0.25) is 0 Å². The molecule has 2 heterocycles. The number of carbonyl (C=O) groups excluding carboxylic acids is 1. The zero-order valence-electron chi connectivity index (χ0n) is 16.5. The number of benzene rings is 1. The lowest BCUT2D eigenvalue weighted by Gasteiger charge is -2.36. The first kappa shape index (κ1) is 19.1. The molecule has 1 N–H and O–H groups in total. The highest BCUT2D eigenvalue weighted by Crippen LogP contribution is 2.26. The van der Waals surface area contributed by atoms with Crippen LogP contribution in [0.5, 0.6) is 0 Å². The Kier molecular flexibility index (Phi) is 6.27. The van der Waals surface area contributed by atoms with E-state index < -0.39 is 0 Å². The minimum atomic E-state index is 0.0229. The van der Waals surface area contributed by atoms with Crippen molar-refractivity contribution in [1.29, 1.82) is 0 Å². The van der Waals surface area contributed by atoms with E-state index in [1.807, 2.05) is 24.8 Å². The lowest BCUT2D eigenvalue weighted by Crippen LogP contribution is -2.52. The van der Waals surface area contributed by atoms with Gasteiger partial charge in [-0.15, -0.1) is 0 Å². The molecule has 27 heavy (non-hydrogen) atoms. The molecule has 0 spiro atoms. The fourth-order valence-electron chi connectivity index (χ4n) is 3.56. The minimum absolute atomic E-state index is 0.0229. The Morgan fingerprint density at radius 3 is 2.41 bits per heavy atom. The third kappa shape index (κ3) is 4.56. The summed E-state index contributed by atoms with van der Waals surface area (Å²) in [5.74, 6) is 1.84. The molecular formula is C21H29N5O. The van der Waals surface area contributed by atoms with Crippen LogP contribution in [0.2, 0.25) is 0 Å². The average molecular weight is 367 g/mol. The first-order valence-electron chi connectivity index (χ1n) is 9.80. The van der Waals surface area contributed by atoms with Gasteiger partial charge in [-0.05, 0) is 25.8 Å². The highest BCUT2D eigenvalue weighted by molar-refractivity contribution is 5.74. The maximum atomic E-state index is 12.1. The number of nitrogens with zero attached hydrogens (tertiary/aromatic N) is 4. The van der Waals surface area contributed by atoms with Gasteiger partial charge < -0.3 is 15.1 Å². The molecule has 1 aromatic heterocycles. The maximum Gasteiger partial charge on any atom is 0.317 e. The Morgan fingerprint density at radius 2 is 1.78 bits per heavy atom. The molecule has 0 radical (unpaired) electrons. The third-order valence-electron chi connectivity index (χ3n) is 4.94. The van der Waals surface area contributed by atoms with Crippen molar-refractivity contribution in [2.75, 3.05) is 37.6 Å². The van der Waals surface area contributed by atoms with Crippen molar-refractivity contribution in [2.45, 2.75) is 33.6 Å². The quantitative estimate of drug-likeness (QED) is 0.883. The van der Waals surface area contributed by atoms with Crippen LogP contribution in [0.3, 0.4) is 0 Å². The second kappa shape index (κ2) is 8.84. The number of anilines is 1. The van der Waals surface area contributed by atoms with Crippen LogP contribution in [0, 0.1) is 6.92 Å². The van der Waals surface area contributed by atoms with Crippen LogP contribution in [0.25, 0.3) is 0 Å². The predicted octanol–water partition coefficient (Wildman–Crippen LogP) is 2.79. The van der Waals surface area contributed by atoms with E-state index in [1.54, 1.807) is 0 Å². The fraction of sp³-hybridized carbons (Fsp3) is 0.476. The second-order valence-corrected chi connectivity index (χ2v) is 6.85. The van der Waals surface area contributed by atoms with Crippen molar-refractivity contribution in [2.24, 2.45) is 0 Å². The molecular weight excluding hydrogens is 338 g/mol. The van der Waals surface area contributed by atoms with Crippen LogP contribution in [-0.4, -0.2) is 53.6 Å². The normalized spacial score (nSPS) is 14.3. The van der Waals surface area contributed by atoms with Gasteiger partial charge >= 0.3 is 6.03 Å². The average Bonchev–Trinajstić information content (AvgIpc) is 2.70. The summed E-state index contributed by atoms with van der Waals surface area (Å²) in [5, 5.41) is 2.88. The molecule has 0 unspecified atom stereocenters. The number of piperazine rings is 1. The van der Waals surface area contributed by atoms with E-state index in [9.17, 15) is 4.79 Å². The van der Waals surface area contributed by atoms with E-state index in [-0.39, 0.29) is 6.03 Å². The molecule has 1 aromatic carbocycles. The van der Waals surface area contributed by atoms with Crippen LogP contribution in [0.4, 0.5) is 10.6 Å². The summed E-state index contributed by atoms with van der Waals surface area (Å²) >= 11 is 0. The lowest BCUT2D eigenvalue weighted by atomic mass is 10.0. The lowest BCUT2D eigenvalue weighted by molar-refractivity contribution is 0.195. The van der Waals surface area contributed by atoms with E-state index in [1.165, 1.54) is 11.1 Å². The van der Waals surface area contributed by atoms with Crippen molar-refractivity contribution >= 4 is 11.8 Å². The number of nitrogens with one attached hydrogen (secondary N) is 1. The molecule has 144 valence electrons. The van der Waals surface area contributed by atoms with Crippen molar-refractivity contribution in [1.82, 2.24) is 20.2 Å². The van der Waals surface area contributed by atoms with Crippen LogP contribution in [-0.2, 0) is 12.8 Å². The van der Waals surface area contributed by atoms with Crippen molar-refractivity contribution < 1.29 is 4.79 Å². The molecule has 1 fully saturated rings. The van der Waals surface area contributed by atoms with Gasteiger partial charge in [0.25, 0.3) is 0 Å². The third-order valence-corrected chi connectivity index (χ3v) is 4.94. The summed E-state index contributed by atoms with van der Waals surface area (Å²) in [5.41, 5.74) is 3.59. The highest BCUT2D eigenvalue weighted by Gasteiger charge is 2.24. The van der Waals surface area contributed by atoms with Crippen molar-refractivity contribution in [3.05, 3.63) is 53.0 Å². The molecule has 1 saturated heterocycles. The molecule has 0 saturated carbocycles. The molecule has 0 bridgehead atoms. The summed E-state index contributed by atoms with van der Waals surface area (Å²) in [6, 6.07) is 10.5. The smallest absolute Gasteiger partial charge is 0.317 e. The van der Waals surface area contributed by atoms with E-state index >= 15 is 0 Å². The molecule has 1 aliphatic rings. The first-order chi connectivity index (χ1) is 13.1. The number of hydrogen-bond donors (Lipinski definition) is 1. The summed E-state index contributed by atoms with van der Waals surface area (Å²) in [4.78, 5) is 25.8. The second-order valence-electron chi connectivity index (χ2n) is 6.85. The SMILES string of the molecule is CCNC(=O)N1CCN(c2nc(C)nc(CC)c2Cc2ccccc2)CC1. The summed E-state index contributed by atoms with van der Waals surface area (Å²) < 4.78 is 0. The van der Waals surface area contributed by atoms with Crippen LogP contribution >= 0.6 is 0 Å². The minimum Gasteiger partial charge on any atom is -0.353 e. The number of amides is 2. The van der Waals surface area contributed by atoms with Crippen LogP contribution in [0.15, 0.2) is 30.3 Å². The number of rotatable bonds is 5. The van der Waals surface area contributed by atoms with E-state index in [2.05, 4.69) is 41.4 Å². The van der Waals surface area contributed by atoms with E-state index in [0.717, 1.165) is 43.3 Å². The number of carbonyl (C=O) groups is 1. The molecule has 0 aliphatic carbocycles. The Morgan fingerprint density at radius 1 is 1.07 bits per heavy atom. The Hall–Kier alpha value is -2.63. The summed E-state index contributed by atoms with van der Waals surface area (Å²) in [7, 11) is 0. The number of urea groups is 1. The van der Waals surface area contributed by atoms with Gasteiger partial charge in [0.2, 0.25) is 0 Å². The fourth-order valence-corrected chi connectivity index (χ4v) is 3.56. The molecule has 2 aromatic rings. The number of aryl methyl sites for hydroxylation is 2. The number of hydrogen-bond acceptors (Lipinski definition) is 4. The standard InChI is InChI=1S/C21H29N5O/c1-4-19-18(15-17-9-7-6-8-10-17)20(24-16(3)23-19)25-11-13-26(14-12-25)21(27)22-5-2/h6-10H,4-5,11-15H2,1-3H3,(H,22,27). The topological polar surface area (TPSA) is 61.4 Å². The maximum absolute atomic E-state index is 12.1. The molecule has 6 nitrogen and oxygen atoms in total. The Bertz CT molecular complexity index is 770. The molecule has 2 amide bonds. The van der Waals surface area contributed by atoms with E-state index in [0.29, 0.717) is 19.6 Å². The zero-order valence-corrected chi connectivity index (χ0v) is 16.5. The van der Waals surface area contributed by atoms with Gasteiger partial charge in [0.1, 0.15) is 11.6 Å². The van der Waals surface area contributed by atoms with Crippen molar-refractivity contribution in [3.63, 3.8) is 0 Å². The van der Waals surface area contributed by atoms with E-state index in [4.69, 9.17) is 9.97 Å². The molecule has 0 atom stereocenters. The number of aromatic nitrogens is 2.